The molecule has 1 saturated heterocycles. The number of carbonyl (C=O) groups is 1. The molecule has 8 nitrogen and oxygen atoms in total. The van der Waals surface area contributed by atoms with Gasteiger partial charge in [-0.15, -0.1) is 0 Å². The third kappa shape index (κ3) is 4.53. The van der Waals surface area contributed by atoms with Crippen molar-refractivity contribution in [3.8, 4) is 0 Å². The SMILES string of the molecule is O=C(O)c1ccc(S(=O)(=O)NCCCN2CCOCC2)o1. The molecule has 0 amide bonds. The molecule has 0 bridgehead atoms. The van der Waals surface area contributed by atoms with Crippen LogP contribution in [0.2, 0.25) is 0 Å². The summed E-state index contributed by atoms with van der Waals surface area (Å²) in [6.45, 7) is 4.17. The van der Waals surface area contributed by atoms with Gasteiger partial charge in [-0.2, -0.15) is 0 Å². The number of hydrogen-bond donors (Lipinski definition) is 2. The predicted molar refractivity (Wildman–Crippen MR) is 72.7 cm³/mol. The van der Waals surface area contributed by atoms with E-state index in [0.29, 0.717) is 19.6 Å². The maximum atomic E-state index is 11.9. The summed E-state index contributed by atoms with van der Waals surface area (Å²) < 4.78 is 36.2. The van der Waals surface area contributed by atoms with Crippen LogP contribution in [0.5, 0.6) is 0 Å². The molecule has 1 aromatic heterocycles. The number of aromatic carboxylic acids is 1. The lowest BCUT2D eigenvalue weighted by molar-refractivity contribution is 0.0376. The normalized spacial score (nSPS) is 17.0. The summed E-state index contributed by atoms with van der Waals surface area (Å²) in [6.07, 6.45) is 0.658. The minimum absolute atomic E-state index is 0.267. The number of ether oxygens (including phenoxy) is 1. The van der Waals surface area contributed by atoms with Crippen LogP contribution in [0.25, 0.3) is 0 Å². The van der Waals surface area contributed by atoms with Gasteiger partial charge < -0.3 is 14.3 Å². The highest BCUT2D eigenvalue weighted by atomic mass is 32.2. The average molecular weight is 318 g/mol. The minimum Gasteiger partial charge on any atom is -0.475 e. The summed E-state index contributed by atoms with van der Waals surface area (Å²) in [5, 5.41) is 8.31. The number of morpholine rings is 1. The van der Waals surface area contributed by atoms with Crippen molar-refractivity contribution >= 4 is 16.0 Å². The molecule has 9 heteroatoms. The highest BCUT2D eigenvalue weighted by Crippen LogP contribution is 2.13. The third-order valence-electron chi connectivity index (χ3n) is 3.10. The summed E-state index contributed by atoms with van der Waals surface area (Å²) in [4.78, 5) is 12.9. The van der Waals surface area contributed by atoms with Crippen LogP contribution < -0.4 is 4.72 Å². The van der Waals surface area contributed by atoms with Crippen molar-refractivity contribution in [3.05, 3.63) is 17.9 Å². The van der Waals surface area contributed by atoms with Crippen LogP contribution in [0, 0.1) is 0 Å². The molecule has 1 fully saturated rings. The van der Waals surface area contributed by atoms with Gasteiger partial charge in [-0.05, 0) is 25.1 Å². The first-order valence-electron chi connectivity index (χ1n) is 6.62. The van der Waals surface area contributed by atoms with Crippen molar-refractivity contribution in [2.24, 2.45) is 0 Å². The molecule has 2 rings (SSSR count). The Morgan fingerprint density at radius 3 is 2.67 bits per heavy atom. The lowest BCUT2D eigenvalue weighted by Crippen LogP contribution is -2.38. The van der Waals surface area contributed by atoms with Gasteiger partial charge in [0.25, 0.3) is 10.0 Å². The number of furan rings is 1. The van der Waals surface area contributed by atoms with E-state index in [0.717, 1.165) is 31.8 Å². The van der Waals surface area contributed by atoms with Gasteiger partial charge in [0.15, 0.2) is 0 Å². The van der Waals surface area contributed by atoms with Crippen LogP contribution in [-0.2, 0) is 14.8 Å². The highest BCUT2D eigenvalue weighted by molar-refractivity contribution is 7.89. The lowest BCUT2D eigenvalue weighted by atomic mass is 10.3. The van der Waals surface area contributed by atoms with E-state index < -0.39 is 21.8 Å². The van der Waals surface area contributed by atoms with E-state index in [-0.39, 0.29) is 11.6 Å². The first-order valence-corrected chi connectivity index (χ1v) is 8.10. The molecule has 1 aliphatic heterocycles. The third-order valence-corrected chi connectivity index (χ3v) is 4.44. The molecule has 0 radical (unpaired) electrons. The first kappa shape index (κ1) is 16.0. The van der Waals surface area contributed by atoms with Crippen molar-refractivity contribution in [1.29, 1.82) is 0 Å². The quantitative estimate of drug-likeness (QED) is 0.680. The molecular weight excluding hydrogens is 300 g/mol. The smallest absolute Gasteiger partial charge is 0.371 e. The van der Waals surface area contributed by atoms with Crippen LogP contribution >= 0.6 is 0 Å². The van der Waals surface area contributed by atoms with E-state index in [2.05, 4.69) is 9.62 Å². The molecule has 0 spiro atoms. The van der Waals surface area contributed by atoms with Crippen LogP contribution in [0.15, 0.2) is 21.6 Å². The summed E-state index contributed by atoms with van der Waals surface area (Å²) in [7, 11) is -3.80. The maximum Gasteiger partial charge on any atom is 0.371 e. The van der Waals surface area contributed by atoms with Crippen molar-refractivity contribution in [2.75, 3.05) is 39.4 Å². The molecule has 118 valence electrons. The second kappa shape index (κ2) is 7.03. The van der Waals surface area contributed by atoms with Gasteiger partial charge in [0.1, 0.15) is 0 Å². The molecule has 21 heavy (non-hydrogen) atoms. The molecular formula is C12H18N2O6S. The van der Waals surface area contributed by atoms with Crippen molar-refractivity contribution in [1.82, 2.24) is 9.62 Å². The molecule has 0 unspecified atom stereocenters. The van der Waals surface area contributed by atoms with Crippen LogP contribution in [0.3, 0.4) is 0 Å². The van der Waals surface area contributed by atoms with Crippen molar-refractivity contribution < 1.29 is 27.5 Å². The van der Waals surface area contributed by atoms with Crippen LogP contribution in [-0.4, -0.2) is 63.8 Å². The Bertz CT molecular complexity index is 576. The Labute approximate surface area is 122 Å². The largest absolute Gasteiger partial charge is 0.475 e. The molecule has 0 aliphatic carbocycles. The number of carboxylic acids is 1. The maximum absolute atomic E-state index is 11.9. The molecule has 0 saturated carbocycles. The van der Waals surface area contributed by atoms with E-state index in [9.17, 15) is 13.2 Å². The van der Waals surface area contributed by atoms with E-state index >= 15 is 0 Å². The number of nitrogens with zero attached hydrogens (tertiary/aromatic N) is 1. The molecule has 0 aromatic carbocycles. The second-order valence-corrected chi connectivity index (χ2v) is 6.33. The van der Waals surface area contributed by atoms with Crippen LogP contribution in [0.4, 0.5) is 0 Å². The Balaban J connectivity index is 1.79. The molecule has 0 atom stereocenters. The van der Waals surface area contributed by atoms with Gasteiger partial charge in [0, 0.05) is 19.6 Å². The van der Waals surface area contributed by atoms with Gasteiger partial charge in [-0.1, -0.05) is 0 Å². The standard InChI is InChI=1S/C12H18N2O6S/c15-12(16)10-2-3-11(20-10)21(17,18)13-4-1-5-14-6-8-19-9-7-14/h2-3,13H,1,4-9H2,(H,15,16). The van der Waals surface area contributed by atoms with E-state index in [1.54, 1.807) is 0 Å². The van der Waals surface area contributed by atoms with Gasteiger partial charge >= 0.3 is 5.97 Å². The minimum atomic E-state index is -3.80. The lowest BCUT2D eigenvalue weighted by Gasteiger charge is -2.26. The van der Waals surface area contributed by atoms with Gasteiger partial charge in [0.2, 0.25) is 10.9 Å². The Kier molecular flexibility index (Phi) is 5.34. The van der Waals surface area contributed by atoms with E-state index in [1.165, 1.54) is 0 Å². The van der Waals surface area contributed by atoms with Crippen LogP contribution in [0.1, 0.15) is 17.0 Å². The number of rotatable bonds is 7. The van der Waals surface area contributed by atoms with Crippen molar-refractivity contribution in [3.63, 3.8) is 0 Å². The molecule has 2 heterocycles. The zero-order chi connectivity index (χ0) is 15.3. The summed E-state index contributed by atoms with van der Waals surface area (Å²) in [6, 6.07) is 2.25. The van der Waals surface area contributed by atoms with Crippen molar-refractivity contribution in [2.45, 2.75) is 11.5 Å². The van der Waals surface area contributed by atoms with E-state index in [4.69, 9.17) is 14.3 Å². The molecule has 1 aromatic rings. The van der Waals surface area contributed by atoms with Gasteiger partial charge in [0.05, 0.1) is 13.2 Å². The predicted octanol–water partition coefficient (Wildman–Crippen LogP) is -0.0216. The zero-order valence-electron chi connectivity index (χ0n) is 11.4. The number of nitrogens with one attached hydrogen (secondary N) is 1. The fourth-order valence-electron chi connectivity index (χ4n) is 1.98. The fourth-order valence-corrected chi connectivity index (χ4v) is 2.99. The monoisotopic (exact) mass is 318 g/mol. The average Bonchev–Trinajstić information content (AvgIpc) is 2.96. The number of hydrogen-bond acceptors (Lipinski definition) is 6. The van der Waals surface area contributed by atoms with Gasteiger partial charge in [-0.25, -0.2) is 17.9 Å². The number of sulfonamides is 1. The fraction of sp³-hybridized carbons (Fsp3) is 0.583. The topological polar surface area (TPSA) is 109 Å². The summed E-state index contributed by atoms with van der Waals surface area (Å²) in [5.41, 5.74) is 0. The summed E-state index contributed by atoms with van der Waals surface area (Å²) >= 11 is 0. The first-order chi connectivity index (χ1) is 9.99. The Hall–Kier alpha value is -1.42. The summed E-state index contributed by atoms with van der Waals surface area (Å²) in [5.74, 6) is -1.70. The molecule has 1 aliphatic rings. The molecule has 2 N–H and O–H groups in total. The second-order valence-electron chi connectivity index (χ2n) is 4.63. The highest BCUT2D eigenvalue weighted by Gasteiger charge is 2.20. The van der Waals surface area contributed by atoms with Gasteiger partial charge in [-0.3, -0.25) is 4.90 Å². The van der Waals surface area contributed by atoms with E-state index in [1.807, 2.05) is 0 Å². The Morgan fingerprint density at radius 1 is 1.33 bits per heavy atom. The number of carboxylic acid groups (broad SMARTS) is 1. The Morgan fingerprint density at radius 2 is 2.05 bits per heavy atom. The zero-order valence-corrected chi connectivity index (χ0v) is 12.3.